The predicted molar refractivity (Wildman–Crippen MR) is 95.6 cm³/mol. The van der Waals surface area contributed by atoms with Gasteiger partial charge < -0.3 is 21.8 Å². The van der Waals surface area contributed by atoms with Crippen LogP contribution in [0.4, 0.5) is 5.82 Å². The number of carbonyl (C=O) groups excluding carboxylic acids is 2. The number of hydrogen-bond donors (Lipinski definition) is 4. The zero-order chi connectivity index (χ0) is 17.8. The Labute approximate surface area is 144 Å². The highest BCUT2D eigenvalue weighted by Gasteiger charge is 2.16. The molecule has 25 heavy (non-hydrogen) atoms. The third-order valence-corrected chi connectivity index (χ3v) is 4.00. The summed E-state index contributed by atoms with van der Waals surface area (Å²) in [4.78, 5) is 30.8. The third-order valence-electron chi connectivity index (χ3n) is 4.00. The van der Waals surface area contributed by atoms with Crippen molar-refractivity contribution in [2.75, 3.05) is 5.73 Å². The van der Waals surface area contributed by atoms with E-state index in [9.17, 15) is 9.59 Å². The van der Waals surface area contributed by atoms with Crippen molar-refractivity contribution >= 4 is 28.5 Å². The maximum absolute atomic E-state index is 12.1. The van der Waals surface area contributed by atoms with Crippen LogP contribution in [0.25, 0.3) is 10.9 Å². The van der Waals surface area contributed by atoms with Gasteiger partial charge in [-0.15, -0.1) is 0 Å². The van der Waals surface area contributed by atoms with Crippen molar-refractivity contribution in [1.82, 2.24) is 15.3 Å². The van der Waals surface area contributed by atoms with Crippen LogP contribution >= 0.6 is 0 Å². The molecule has 0 radical (unpaired) electrons. The van der Waals surface area contributed by atoms with Crippen LogP contribution in [0.1, 0.15) is 28.0 Å². The fraction of sp³-hybridized carbons (Fsp3) is 0.167. The van der Waals surface area contributed by atoms with E-state index in [1.807, 2.05) is 30.3 Å². The standard InChI is InChI=1S/C18H19N5O2/c19-15-7-5-11(9-21-15)10-22-16(24)8-6-13-12-3-1-2-4-14(12)23-17(13)18(20)25/h1-5,7,9,23H,6,8,10H2,(H2,19,21)(H2,20,25)(H,22,24). The molecule has 0 saturated heterocycles. The number of nitrogens with one attached hydrogen (secondary N) is 2. The van der Waals surface area contributed by atoms with Crippen LogP contribution in [0.15, 0.2) is 42.6 Å². The Kier molecular flexibility index (Phi) is 4.65. The van der Waals surface area contributed by atoms with Crippen molar-refractivity contribution in [1.29, 1.82) is 0 Å². The van der Waals surface area contributed by atoms with Gasteiger partial charge in [0.15, 0.2) is 0 Å². The number of nitrogens with zero attached hydrogens (tertiary/aromatic N) is 1. The molecule has 128 valence electrons. The van der Waals surface area contributed by atoms with Gasteiger partial charge in [0.1, 0.15) is 11.5 Å². The van der Waals surface area contributed by atoms with E-state index in [1.54, 1.807) is 12.3 Å². The number of aromatic amines is 1. The highest BCUT2D eigenvalue weighted by molar-refractivity contribution is 6.00. The fourth-order valence-electron chi connectivity index (χ4n) is 2.74. The number of rotatable bonds is 6. The number of aromatic nitrogens is 2. The summed E-state index contributed by atoms with van der Waals surface area (Å²) in [5, 5.41) is 3.74. The minimum atomic E-state index is -0.528. The number of nitrogens with two attached hydrogens (primary N) is 2. The zero-order valence-corrected chi connectivity index (χ0v) is 13.6. The number of para-hydroxylation sites is 1. The summed E-state index contributed by atoms with van der Waals surface area (Å²) in [6, 6.07) is 11.0. The Morgan fingerprint density at radius 2 is 1.96 bits per heavy atom. The van der Waals surface area contributed by atoms with E-state index in [-0.39, 0.29) is 12.3 Å². The minimum Gasteiger partial charge on any atom is -0.384 e. The van der Waals surface area contributed by atoms with Crippen LogP contribution in [0, 0.1) is 0 Å². The van der Waals surface area contributed by atoms with Crippen molar-refractivity contribution in [2.24, 2.45) is 5.73 Å². The van der Waals surface area contributed by atoms with Gasteiger partial charge in [0.05, 0.1) is 0 Å². The van der Waals surface area contributed by atoms with Gasteiger partial charge in [-0.1, -0.05) is 24.3 Å². The van der Waals surface area contributed by atoms with Gasteiger partial charge in [-0.3, -0.25) is 9.59 Å². The summed E-state index contributed by atoms with van der Waals surface area (Å²) in [5.74, 6) is -0.203. The first-order valence-electron chi connectivity index (χ1n) is 7.91. The van der Waals surface area contributed by atoms with E-state index in [0.29, 0.717) is 24.5 Å². The van der Waals surface area contributed by atoms with Gasteiger partial charge >= 0.3 is 0 Å². The van der Waals surface area contributed by atoms with Crippen LogP contribution < -0.4 is 16.8 Å². The van der Waals surface area contributed by atoms with Gasteiger partial charge in [-0.05, 0) is 29.7 Å². The summed E-state index contributed by atoms with van der Waals surface area (Å²) in [6.07, 6.45) is 2.30. The predicted octanol–water partition coefficient (Wildman–Crippen LogP) is 1.49. The Morgan fingerprint density at radius 1 is 1.16 bits per heavy atom. The molecule has 0 fully saturated rings. The number of benzene rings is 1. The average Bonchev–Trinajstić information content (AvgIpc) is 2.98. The molecule has 2 heterocycles. The molecule has 0 saturated carbocycles. The second kappa shape index (κ2) is 7.04. The maximum atomic E-state index is 12.1. The first kappa shape index (κ1) is 16.5. The Hall–Kier alpha value is -3.35. The van der Waals surface area contributed by atoms with E-state index < -0.39 is 5.91 Å². The maximum Gasteiger partial charge on any atom is 0.265 e. The third kappa shape index (κ3) is 3.77. The molecule has 2 aromatic heterocycles. The molecule has 6 N–H and O–H groups in total. The summed E-state index contributed by atoms with van der Waals surface area (Å²) < 4.78 is 0. The molecule has 7 nitrogen and oxygen atoms in total. The van der Waals surface area contributed by atoms with E-state index in [1.165, 1.54) is 0 Å². The smallest absolute Gasteiger partial charge is 0.265 e. The molecule has 0 atom stereocenters. The molecule has 1 aromatic carbocycles. The molecule has 3 rings (SSSR count). The van der Waals surface area contributed by atoms with Crippen molar-refractivity contribution in [3.05, 3.63) is 59.4 Å². The Bertz CT molecular complexity index is 915. The van der Waals surface area contributed by atoms with Crippen molar-refractivity contribution < 1.29 is 9.59 Å². The normalized spacial score (nSPS) is 10.7. The zero-order valence-electron chi connectivity index (χ0n) is 13.6. The van der Waals surface area contributed by atoms with E-state index >= 15 is 0 Å². The number of anilines is 1. The quantitative estimate of drug-likeness (QED) is 0.543. The van der Waals surface area contributed by atoms with Crippen LogP contribution in [0.5, 0.6) is 0 Å². The summed E-state index contributed by atoms with van der Waals surface area (Å²) in [7, 11) is 0. The monoisotopic (exact) mass is 337 g/mol. The lowest BCUT2D eigenvalue weighted by Gasteiger charge is -2.06. The molecule has 2 amide bonds. The van der Waals surface area contributed by atoms with Crippen LogP contribution in [-0.2, 0) is 17.8 Å². The number of H-pyrrole nitrogens is 1. The highest BCUT2D eigenvalue weighted by Crippen LogP contribution is 2.23. The number of carbonyl (C=O) groups is 2. The van der Waals surface area contributed by atoms with Crippen molar-refractivity contribution in [3.8, 4) is 0 Å². The Morgan fingerprint density at radius 3 is 2.68 bits per heavy atom. The summed E-state index contributed by atoms with van der Waals surface area (Å²) >= 11 is 0. The number of nitrogen functional groups attached to an aromatic ring is 1. The SMILES string of the molecule is NC(=O)c1[nH]c2ccccc2c1CCC(=O)NCc1ccc(N)nc1. The number of pyridine rings is 1. The van der Waals surface area contributed by atoms with E-state index in [0.717, 1.165) is 22.0 Å². The summed E-state index contributed by atoms with van der Waals surface area (Å²) in [6.45, 7) is 0.378. The molecule has 0 spiro atoms. The van der Waals surface area contributed by atoms with Crippen molar-refractivity contribution in [2.45, 2.75) is 19.4 Å². The fourth-order valence-corrected chi connectivity index (χ4v) is 2.74. The molecule has 0 unspecified atom stereocenters. The Balaban J connectivity index is 1.65. The highest BCUT2D eigenvalue weighted by atomic mass is 16.2. The number of amides is 2. The van der Waals surface area contributed by atoms with Crippen molar-refractivity contribution in [3.63, 3.8) is 0 Å². The molecular formula is C18H19N5O2. The number of primary amides is 1. The van der Waals surface area contributed by atoms with Crippen LogP contribution in [-0.4, -0.2) is 21.8 Å². The lowest BCUT2D eigenvalue weighted by Crippen LogP contribution is -2.23. The second-order valence-corrected chi connectivity index (χ2v) is 5.76. The first-order valence-corrected chi connectivity index (χ1v) is 7.91. The van der Waals surface area contributed by atoms with Gasteiger partial charge in [0.2, 0.25) is 5.91 Å². The average molecular weight is 337 g/mol. The van der Waals surface area contributed by atoms with Crippen LogP contribution in [0.3, 0.4) is 0 Å². The molecular weight excluding hydrogens is 318 g/mol. The number of aryl methyl sites for hydroxylation is 1. The summed E-state index contributed by atoms with van der Waals surface area (Å²) in [5.41, 5.74) is 13.8. The second-order valence-electron chi connectivity index (χ2n) is 5.76. The topological polar surface area (TPSA) is 127 Å². The molecule has 3 aromatic rings. The van der Waals surface area contributed by atoms with Gasteiger partial charge in [-0.2, -0.15) is 0 Å². The minimum absolute atomic E-state index is 0.113. The molecule has 7 heteroatoms. The number of fused-ring (bicyclic) bond motifs is 1. The number of hydrogen-bond acceptors (Lipinski definition) is 4. The lowest BCUT2D eigenvalue weighted by molar-refractivity contribution is -0.121. The van der Waals surface area contributed by atoms with E-state index in [4.69, 9.17) is 11.5 Å². The van der Waals surface area contributed by atoms with Gasteiger partial charge in [0.25, 0.3) is 5.91 Å². The van der Waals surface area contributed by atoms with E-state index in [2.05, 4.69) is 15.3 Å². The van der Waals surface area contributed by atoms with Crippen LogP contribution in [0.2, 0.25) is 0 Å². The first-order chi connectivity index (χ1) is 12.0. The van der Waals surface area contributed by atoms with Gasteiger partial charge in [0, 0.05) is 30.1 Å². The molecule has 0 aliphatic carbocycles. The van der Waals surface area contributed by atoms with Gasteiger partial charge in [-0.25, -0.2) is 4.98 Å². The molecule has 0 bridgehead atoms. The lowest BCUT2D eigenvalue weighted by atomic mass is 10.0. The molecule has 0 aliphatic rings. The largest absolute Gasteiger partial charge is 0.384 e. The molecule has 0 aliphatic heterocycles.